The molecule has 1 rings (SSSR count). The number of halogens is 1. The summed E-state index contributed by atoms with van der Waals surface area (Å²) in [6, 6.07) is 3.66. The second-order valence-electron chi connectivity index (χ2n) is 4.11. The maximum absolute atomic E-state index is 11.8. The van der Waals surface area contributed by atoms with Crippen LogP contribution in [0.5, 0.6) is 0 Å². The number of rotatable bonds is 6. The second-order valence-corrected chi connectivity index (χ2v) is 4.54. The fraction of sp³-hybridized carbons (Fsp3) is 0.417. The van der Waals surface area contributed by atoms with Crippen LogP contribution in [0.3, 0.4) is 0 Å². The fourth-order valence-electron chi connectivity index (χ4n) is 1.56. The van der Waals surface area contributed by atoms with E-state index < -0.39 is 16.9 Å². The Labute approximate surface area is 115 Å². The van der Waals surface area contributed by atoms with E-state index in [2.05, 4.69) is 5.32 Å². The zero-order chi connectivity index (χ0) is 14.4. The Morgan fingerprint density at radius 2 is 2.21 bits per heavy atom. The lowest BCUT2D eigenvalue weighted by atomic mass is 10.1. The van der Waals surface area contributed by atoms with Gasteiger partial charge in [0, 0.05) is 29.3 Å². The molecule has 0 bridgehead atoms. The van der Waals surface area contributed by atoms with E-state index in [1.807, 2.05) is 6.92 Å². The van der Waals surface area contributed by atoms with E-state index >= 15 is 0 Å². The van der Waals surface area contributed by atoms with Crippen LogP contribution < -0.4 is 5.32 Å². The van der Waals surface area contributed by atoms with Gasteiger partial charge in [-0.2, -0.15) is 0 Å². The van der Waals surface area contributed by atoms with Crippen LogP contribution in [0, 0.1) is 10.1 Å². The molecule has 19 heavy (non-hydrogen) atoms. The van der Waals surface area contributed by atoms with E-state index in [0.29, 0.717) is 6.42 Å². The Bertz CT molecular complexity index is 479. The molecule has 0 spiro atoms. The van der Waals surface area contributed by atoms with Crippen molar-refractivity contribution >= 4 is 23.2 Å². The Morgan fingerprint density at radius 3 is 2.79 bits per heavy atom. The molecule has 104 valence electrons. The lowest BCUT2D eigenvalue weighted by Crippen LogP contribution is -2.32. The molecule has 0 heterocycles. The van der Waals surface area contributed by atoms with Gasteiger partial charge in [0.1, 0.15) is 0 Å². The molecule has 1 aromatic carbocycles. The third-order valence-electron chi connectivity index (χ3n) is 2.48. The molecular weight excluding hydrogens is 272 g/mol. The molecule has 0 aliphatic rings. The summed E-state index contributed by atoms with van der Waals surface area (Å²) in [5.41, 5.74) is -0.144. The highest BCUT2D eigenvalue weighted by Gasteiger charge is 2.14. The minimum absolute atomic E-state index is 0.0999. The number of hydrogen-bond donors (Lipinski definition) is 2. The first-order valence-corrected chi connectivity index (χ1v) is 6.23. The van der Waals surface area contributed by atoms with Gasteiger partial charge >= 0.3 is 0 Å². The molecule has 1 aromatic rings. The average molecular weight is 287 g/mol. The minimum Gasteiger partial charge on any atom is -0.391 e. The van der Waals surface area contributed by atoms with E-state index in [1.165, 1.54) is 12.1 Å². The molecule has 0 aliphatic heterocycles. The molecule has 0 saturated heterocycles. The van der Waals surface area contributed by atoms with Crippen molar-refractivity contribution in [1.82, 2.24) is 5.32 Å². The van der Waals surface area contributed by atoms with E-state index in [1.54, 1.807) is 0 Å². The summed E-state index contributed by atoms with van der Waals surface area (Å²) in [4.78, 5) is 21.8. The van der Waals surface area contributed by atoms with Crippen molar-refractivity contribution in [2.75, 3.05) is 6.54 Å². The number of aliphatic hydroxyl groups is 1. The molecule has 7 heteroatoms. The van der Waals surface area contributed by atoms with Crippen molar-refractivity contribution in [2.45, 2.75) is 25.9 Å². The summed E-state index contributed by atoms with van der Waals surface area (Å²) in [5, 5.41) is 22.8. The van der Waals surface area contributed by atoms with E-state index in [0.717, 1.165) is 12.5 Å². The summed E-state index contributed by atoms with van der Waals surface area (Å²) >= 11 is 5.72. The summed E-state index contributed by atoms with van der Waals surface area (Å²) < 4.78 is 0. The monoisotopic (exact) mass is 286 g/mol. The van der Waals surface area contributed by atoms with Gasteiger partial charge in [0.05, 0.1) is 11.0 Å². The van der Waals surface area contributed by atoms with Gasteiger partial charge in [-0.15, -0.1) is 0 Å². The summed E-state index contributed by atoms with van der Waals surface area (Å²) in [5.74, 6) is -0.499. The first-order valence-electron chi connectivity index (χ1n) is 5.85. The van der Waals surface area contributed by atoms with E-state index in [9.17, 15) is 20.0 Å². The van der Waals surface area contributed by atoms with Crippen LogP contribution in [0.1, 0.15) is 30.1 Å². The van der Waals surface area contributed by atoms with Crippen LogP contribution in [-0.4, -0.2) is 28.6 Å². The smallest absolute Gasteiger partial charge is 0.271 e. The van der Waals surface area contributed by atoms with Crippen molar-refractivity contribution < 1.29 is 14.8 Å². The van der Waals surface area contributed by atoms with Crippen LogP contribution in [-0.2, 0) is 0 Å². The van der Waals surface area contributed by atoms with Crippen LogP contribution in [0.25, 0.3) is 0 Å². The summed E-state index contributed by atoms with van der Waals surface area (Å²) in [7, 11) is 0. The number of carbonyl (C=O) groups excluding carboxylic acids is 1. The molecule has 0 aliphatic carbocycles. The Morgan fingerprint density at radius 1 is 1.53 bits per heavy atom. The predicted molar refractivity (Wildman–Crippen MR) is 71.4 cm³/mol. The number of aliphatic hydroxyl groups excluding tert-OH is 1. The highest BCUT2D eigenvalue weighted by Crippen LogP contribution is 2.20. The number of carbonyl (C=O) groups is 1. The Kier molecular flexibility index (Phi) is 5.72. The lowest BCUT2D eigenvalue weighted by Gasteiger charge is -2.10. The number of nitro benzene ring substituents is 1. The van der Waals surface area contributed by atoms with Crippen molar-refractivity contribution in [3.8, 4) is 0 Å². The quantitative estimate of drug-likeness (QED) is 0.619. The van der Waals surface area contributed by atoms with Gasteiger partial charge in [0.25, 0.3) is 11.6 Å². The topological polar surface area (TPSA) is 92.5 Å². The SMILES string of the molecule is CCCC(O)CNC(=O)c1cc(Cl)cc([N+](=O)[O-])c1. The van der Waals surface area contributed by atoms with Crippen molar-refractivity contribution in [1.29, 1.82) is 0 Å². The molecule has 1 atom stereocenters. The van der Waals surface area contributed by atoms with Gasteiger partial charge in [0.2, 0.25) is 0 Å². The molecule has 0 aromatic heterocycles. The predicted octanol–water partition coefficient (Wildman–Crippen LogP) is 2.14. The van der Waals surface area contributed by atoms with E-state index in [4.69, 9.17) is 11.6 Å². The molecular formula is C12H15ClN2O4. The highest BCUT2D eigenvalue weighted by atomic mass is 35.5. The standard InChI is InChI=1S/C12H15ClN2O4/c1-2-3-11(16)7-14-12(17)8-4-9(13)6-10(5-8)15(18)19/h4-6,11,16H,2-3,7H2,1H3,(H,14,17). The number of non-ortho nitro benzene ring substituents is 1. The molecule has 0 radical (unpaired) electrons. The molecule has 1 amide bonds. The summed E-state index contributed by atoms with van der Waals surface area (Å²) in [6.45, 7) is 2.03. The Hall–Kier alpha value is -1.66. The summed E-state index contributed by atoms with van der Waals surface area (Å²) in [6.07, 6.45) is 0.762. The van der Waals surface area contributed by atoms with Crippen LogP contribution in [0.4, 0.5) is 5.69 Å². The first-order chi connectivity index (χ1) is 8.93. The van der Waals surface area contributed by atoms with Crippen molar-refractivity contribution in [3.05, 3.63) is 38.9 Å². The fourth-order valence-corrected chi connectivity index (χ4v) is 1.79. The van der Waals surface area contributed by atoms with E-state index in [-0.39, 0.29) is 22.8 Å². The number of amides is 1. The number of nitrogens with one attached hydrogen (secondary N) is 1. The van der Waals surface area contributed by atoms with Crippen LogP contribution in [0.15, 0.2) is 18.2 Å². The van der Waals surface area contributed by atoms with Crippen LogP contribution in [0.2, 0.25) is 5.02 Å². The molecule has 0 saturated carbocycles. The number of benzene rings is 1. The zero-order valence-electron chi connectivity index (χ0n) is 10.4. The van der Waals surface area contributed by atoms with Gasteiger partial charge in [-0.3, -0.25) is 14.9 Å². The number of hydrogen-bond acceptors (Lipinski definition) is 4. The van der Waals surface area contributed by atoms with Gasteiger partial charge < -0.3 is 10.4 Å². The largest absolute Gasteiger partial charge is 0.391 e. The normalized spacial score (nSPS) is 11.9. The Balaban J connectivity index is 2.74. The maximum Gasteiger partial charge on any atom is 0.271 e. The lowest BCUT2D eigenvalue weighted by molar-refractivity contribution is -0.384. The van der Waals surface area contributed by atoms with Crippen molar-refractivity contribution in [2.24, 2.45) is 0 Å². The van der Waals surface area contributed by atoms with Gasteiger partial charge in [-0.05, 0) is 12.5 Å². The molecule has 0 fully saturated rings. The van der Waals surface area contributed by atoms with Crippen molar-refractivity contribution in [3.63, 3.8) is 0 Å². The molecule has 2 N–H and O–H groups in total. The third kappa shape index (κ3) is 4.84. The number of nitro groups is 1. The third-order valence-corrected chi connectivity index (χ3v) is 2.69. The van der Waals surface area contributed by atoms with Crippen LogP contribution >= 0.6 is 11.6 Å². The average Bonchev–Trinajstić information content (AvgIpc) is 2.35. The van der Waals surface area contributed by atoms with Gasteiger partial charge in [0.15, 0.2) is 0 Å². The molecule has 1 unspecified atom stereocenters. The molecule has 6 nitrogen and oxygen atoms in total. The van der Waals surface area contributed by atoms with Gasteiger partial charge in [-0.1, -0.05) is 24.9 Å². The van der Waals surface area contributed by atoms with Gasteiger partial charge in [-0.25, -0.2) is 0 Å². The number of nitrogens with zero attached hydrogens (tertiary/aromatic N) is 1. The minimum atomic E-state index is -0.622. The second kappa shape index (κ2) is 7.06. The highest BCUT2D eigenvalue weighted by molar-refractivity contribution is 6.31. The first kappa shape index (κ1) is 15.4. The maximum atomic E-state index is 11.8. The zero-order valence-corrected chi connectivity index (χ0v) is 11.2.